The fourth-order valence-corrected chi connectivity index (χ4v) is 3.04. The van der Waals surface area contributed by atoms with Gasteiger partial charge in [0.15, 0.2) is 5.17 Å². The number of nitrogens with zero attached hydrogens (tertiary/aromatic N) is 1. The zero-order valence-corrected chi connectivity index (χ0v) is 11.3. The Balaban J connectivity index is 2.34. The van der Waals surface area contributed by atoms with Crippen LogP contribution in [0.1, 0.15) is 27.2 Å². The molecule has 1 saturated heterocycles. The van der Waals surface area contributed by atoms with Crippen molar-refractivity contribution in [1.29, 1.82) is 0 Å². The summed E-state index contributed by atoms with van der Waals surface area (Å²) in [7, 11) is -0.692. The van der Waals surface area contributed by atoms with E-state index in [-0.39, 0.29) is 5.54 Å². The van der Waals surface area contributed by atoms with Crippen molar-refractivity contribution in [1.82, 2.24) is 5.32 Å². The van der Waals surface area contributed by atoms with Crippen LogP contribution in [0.25, 0.3) is 0 Å². The Morgan fingerprint density at radius 3 is 2.87 bits per heavy atom. The van der Waals surface area contributed by atoms with Gasteiger partial charge in [0.25, 0.3) is 0 Å². The van der Waals surface area contributed by atoms with Gasteiger partial charge in [-0.2, -0.15) is 0 Å². The van der Waals surface area contributed by atoms with Crippen LogP contribution < -0.4 is 5.32 Å². The summed E-state index contributed by atoms with van der Waals surface area (Å²) < 4.78 is 11.2. The fourth-order valence-electron chi connectivity index (χ4n) is 1.23. The Morgan fingerprint density at radius 1 is 1.60 bits per heavy atom. The quantitative estimate of drug-likeness (QED) is 0.804. The molecule has 1 fully saturated rings. The molecule has 2 atom stereocenters. The average molecular weight is 248 g/mol. The molecule has 1 aliphatic rings. The average Bonchev–Trinajstić information content (AvgIpc) is 2.61. The number of thioether (sulfide) groups is 1. The summed E-state index contributed by atoms with van der Waals surface area (Å²) >= 11 is 1.77. The Hall–Kier alpha value is -0.0300. The predicted molar refractivity (Wildman–Crippen MR) is 70.1 cm³/mol. The number of amidine groups is 1. The van der Waals surface area contributed by atoms with Gasteiger partial charge in [0, 0.05) is 33.6 Å². The highest BCUT2D eigenvalue weighted by molar-refractivity contribution is 8.14. The molecule has 1 heterocycles. The maximum absolute atomic E-state index is 11.2. The first-order chi connectivity index (χ1) is 7.09. The second-order valence-electron chi connectivity index (χ2n) is 3.95. The van der Waals surface area contributed by atoms with E-state index in [0.29, 0.717) is 12.3 Å². The summed E-state index contributed by atoms with van der Waals surface area (Å²) in [6.45, 7) is 7.02. The molecule has 0 aromatic rings. The Morgan fingerprint density at radius 2 is 2.33 bits per heavy atom. The molecule has 0 saturated carbocycles. The third-order valence-electron chi connectivity index (χ3n) is 2.61. The summed E-state index contributed by atoms with van der Waals surface area (Å²) in [6.07, 6.45) is 1.11. The van der Waals surface area contributed by atoms with E-state index in [1.807, 2.05) is 6.92 Å². The first kappa shape index (κ1) is 13.0. The van der Waals surface area contributed by atoms with Crippen LogP contribution in [0, 0.1) is 0 Å². The molecule has 0 bridgehead atoms. The van der Waals surface area contributed by atoms with Crippen LogP contribution in [0.15, 0.2) is 4.99 Å². The Labute approximate surface area is 99.0 Å². The minimum atomic E-state index is -0.692. The van der Waals surface area contributed by atoms with Gasteiger partial charge in [-0.25, -0.2) is 0 Å². The largest absolute Gasteiger partial charge is 0.359 e. The maximum atomic E-state index is 11.2. The molecule has 15 heavy (non-hydrogen) atoms. The van der Waals surface area contributed by atoms with Crippen LogP contribution in [0.2, 0.25) is 0 Å². The number of hydrogen-bond donors (Lipinski definition) is 1. The van der Waals surface area contributed by atoms with Crippen LogP contribution in [0.4, 0.5) is 0 Å². The van der Waals surface area contributed by atoms with E-state index < -0.39 is 10.8 Å². The van der Waals surface area contributed by atoms with Crippen LogP contribution in [-0.2, 0) is 10.8 Å². The van der Waals surface area contributed by atoms with Gasteiger partial charge in [-0.05, 0) is 13.3 Å². The van der Waals surface area contributed by atoms with Crippen molar-refractivity contribution in [2.24, 2.45) is 4.99 Å². The summed E-state index contributed by atoms with van der Waals surface area (Å²) in [6, 6.07) is 0. The van der Waals surface area contributed by atoms with Crippen molar-refractivity contribution in [3.63, 3.8) is 0 Å². The highest BCUT2D eigenvalue weighted by atomic mass is 32.2. The lowest BCUT2D eigenvalue weighted by molar-refractivity contribution is 0.466. The standard InChI is InChI=1S/C10H20N2OS2/c1-4-10(3)8-14-9(12-10)11-6-7-15(13)5-2/h4-8H2,1-3H3,(H,11,12). The fraction of sp³-hybridized carbons (Fsp3) is 0.900. The molecule has 5 heteroatoms. The van der Waals surface area contributed by atoms with Crippen LogP contribution in [-0.4, -0.2) is 38.7 Å². The second-order valence-corrected chi connectivity index (χ2v) is 6.78. The third kappa shape index (κ3) is 4.15. The molecule has 0 spiro atoms. The number of rotatable bonds is 5. The van der Waals surface area contributed by atoms with E-state index in [2.05, 4.69) is 24.2 Å². The molecular formula is C10H20N2OS2. The van der Waals surface area contributed by atoms with Gasteiger partial charge < -0.3 is 5.32 Å². The molecule has 3 nitrogen and oxygen atoms in total. The molecule has 1 N–H and O–H groups in total. The molecule has 0 aliphatic carbocycles. The lowest BCUT2D eigenvalue weighted by Crippen LogP contribution is -2.39. The summed E-state index contributed by atoms with van der Waals surface area (Å²) in [5, 5.41) is 4.44. The number of hydrogen-bond acceptors (Lipinski definition) is 3. The first-order valence-corrected chi connectivity index (χ1v) is 7.87. The molecule has 88 valence electrons. The highest BCUT2D eigenvalue weighted by Gasteiger charge is 2.30. The zero-order chi connectivity index (χ0) is 11.3. The monoisotopic (exact) mass is 248 g/mol. The minimum Gasteiger partial charge on any atom is -0.359 e. The van der Waals surface area contributed by atoms with E-state index >= 15 is 0 Å². The smallest absolute Gasteiger partial charge is 0.157 e. The van der Waals surface area contributed by atoms with Gasteiger partial charge in [-0.3, -0.25) is 9.20 Å². The van der Waals surface area contributed by atoms with Gasteiger partial charge in [0.05, 0.1) is 6.54 Å². The second kappa shape index (κ2) is 5.89. The molecule has 1 rings (SSSR count). The van der Waals surface area contributed by atoms with E-state index in [4.69, 9.17) is 0 Å². The van der Waals surface area contributed by atoms with Crippen molar-refractivity contribution in [2.75, 3.05) is 23.8 Å². The number of aliphatic imine (C=N–C) groups is 1. The van der Waals surface area contributed by atoms with Crippen LogP contribution in [0.3, 0.4) is 0 Å². The van der Waals surface area contributed by atoms with E-state index in [0.717, 1.165) is 23.1 Å². The van der Waals surface area contributed by atoms with Crippen molar-refractivity contribution >= 4 is 27.7 Å². The van der Waals surface area contributed by atoms with Gasteiger partial charge in [-0.1, -0.05) is 25.6 Å². The maximum Gasteiger partial charge on any atom is 0.157 e. The van der Waals surface area contributed by atoms with Crippen molar-refractivity contribution < 1.29 is 4.21 Å². The lowest BCUT2D eigenvalue weighted by Gasteiger charge is -2.20. The predicted octanol–water partition coefficient (Wildman–Crippen LogP) is 1.62. The summed E-state index contributed by atoms with van der Waals surface area (Å²) in [5.74, 6) is 2.50. The van der Waals surface area contributed by atoms with Crippen molar-refractivity contribution in [3.05, 3.63) is 0 Å². The van der Waals surface area contributed by atoms with Gasteiger partial charge >= 0.3 is 0 Å². The summed E-state index contributed by atoms with van der Waals surface area (Å²) in [4.78, 5) is 4.43. The van der Waals surface area contributed by atoms with Crippen molar-refractivity contribution in [3.8, 4) is 0 Å². The molecular weight excluding hydrogens is 228 g/mol. The van der Waals surface area contributed by atoms with Crippen LogP contribution in [0.5, 0.6) is 0 Å². The zero-order valence-electron chi connectivity index (χ0n) is 9.71. The lowest BCUT2D eigenvalue weighted by atomic mass is 10.0. The molecule has 0 amide bonds. The topological polar surface area (TPSA) is 41.5 Å². The van der Waals surface area contributed by atoms with Crippen molar-refractivity contribution in [2.45, 2.75) is 32.7 Å². The first-order valence-electron chi connectivity index (χ1n) is 5.40. The van der Waals surface area contributed by atoms with Gasteiger partial charge in [0.2, 0.25) is 0 Å². The van der Waals surface area contributed by atoms with Gasteiger partial charge in [-0.15, -0.1) is 0 Å². The Bertz CT molecular complexity index is 268. The molecule has 0 radical (unpaired) electrons. The molecule has 1 aliphatic heterocycles. The molecule has 0 aromatic heterocycles. The molecule has 0 aromatic carbocycles. The summed E-state index contributed by atoms with van der Waals surface area (Å²) in [5.41, 5.74) is 0.202. The third-order valence-corrected chi connectivity index (χ3v) is 5.18. The normalized spacial score (nSPS) is 30.5. The highest BCUT2D eigenvalue weighted by Crippen LogP contribution is 2.25. The van der Waals surface area contributed by atoms with E-state index in [1.54, 1.807) is 11.8 Å². The van der Waals surface area contributed by atoms with E-state index in [9.17, 15) is 4.21 Å². The molecule has 2 unspecified atom stereocenters. The Kier molecular flexibility index (Phi) is 5.12. The number of nitrogens with one attached hydrogen (secondary N) is 1. The van der Waals surface area contributed by atoms with E-state index in [1.165, 1.54) is 0 Å². The SMILES string of the molecule is CCS(=O)CCN=C1NC(C)(CC)CS1. The minimum absolute atomic E-state index is 0.202. The van der Waals surface area contributed by atoms with Gasteiger partial charge in [0.1, 0.15) is 0 Å². The van der Waals surface area contributed by atoms with Crippen LogP contribution >= 0.6 is 11.8 Å².